The molecule has 9 nitrogen and oxygen atoms in total. The minimum absolute atomic E-state index is 0.174. The molecule has 0 radical (unpaired) electrons. The smallest absolute Gasteiger partial charge is 0.336 e. The fourth-order valence-electron chi connectivity index (χ4n) is 3.84. The Morgan fingerprint density at radius 1 is 0.732 bits per heavy atom. The highest BCUT2D eigenvalue weighted by Gasteiger charge is 2.21. The summed E-state index contributed by atoms with van der Waals surface area (Å²) in [5, 5.41) is 23.7. The van der Waals surface area contributed by atoms with E-state index in [4.69, 9.17) is 9.84 Å². The van der Waals surface area contributed by atoms with Gasteiger partial charge in [-0.25, -0.2) is 9.59 Å². The van der Waals surface area contributed by atoms with Crippen LogP contribution in [-0.4, -0.2) is 39.2 Å². The number of thioether (sulfide) groups is 1. The van der Waals surface area contributed by atoms with Crippen LogP contribution in [0.4, 0.5) is 11.4 Å². The molecule has 0 aliphatic carbocycles. The van der Waals surface area contributed by atoms with E-state index in [2.05, 4.69) is 10.6 Å². The SMILES string of the molecule is CCC(Sc1cccc(NC(=O)c2ccc(C(=O)O)cc2C(=O)O)c1)C(=O)Nc1ccc(Oc2ccccc2)cc1. The number of para-hydroxylation sites is 1. The second-order valence-electron chi connectivity index (χ2n) is 8.80. The Kier molecular flexibility index (Phi) is 9.39. The molecule has 208 valence electrons. The van der Waals surface area contributed by atoms with Gasteiger partial charge in [0.1, 0.15) is 11.5 Å². The van der Waals surface area contributed by atoms with Crippen molar-refractivity contribution >= 4 is 46.9 Å². The maximum Gasteiger partial charge on any atom is 0.336 e. The van der Waals surface area contributed by atoms with Gasteiger partial charge in [0.25, 0.3) is 5.91 Å². The Hall–Kier alpha value is -5.09. The van der Waals surface area contributed by atoms with Crippen LogP contribution in [0.15, 0.2) is 102 Å². The number of rotatable bonds is 11. The minimum atomic E-state index is -1.42. The zero-order valence-corrected chi connectivity index (χ0v) is 22.7. The molecule has 0 aliphatic rings. The number of anilines is 2. The number of carboxylic acids is 2. The summed E-state index contributed by atoms with van der Waals surface area (Å²) >= 11 is 1.32. The van der Waals surface area contributed by atoms with E-state index in [1.807, 2.05) is 37.3 Å². The zero-order chi connectivity index (χ0) is 29.4. The van der Waals surface area contributed by atoms with Gasteiger partial charge in [-0.3, -0.25) is 9.59 Å². The van der Waals surface area contributed by atoms with Crippen LogP contribution in [0.5, 0.6) is 11.5 Å². The van der Waals surface area contributed by atoms with Gasteiger partial charge in [0, 0.05) is 16.3 Å². The lowest BCUT2D eigenvalue weighted by molar-refractivity contribution is -0.115. The third-order valence-electron chi connectivity index (χ3n) is 5.88. The lowest BCUT2D eigenvalue weighted by Gasteiger charge is -2.16. The molecule has 0 fully saturated rings. The molecule has 10 heteroatoms. The normalized spacial score (nSPS) is 11.2. The third-order valence-corrected chi connectivity index (χ3v) is 7.23. The summed E-state index contributed by atoms with van der Waals surface area (Å²) < 4.78 is 5.79. The highest BCUT2D eigenvalue weighted by atomic mass is 32.2. The Morgan fingerprint density at radius 3 is 2.10 bits per heavy atom. The van der Waals surface area contributed by atoms with E-state index in [-0.39, 0.29) is 17.0 Å². The molecule has 4 aromatic rings. The molecule has 2 amide bonds. The van der Waals surface area contributed by atoms with Crippen molar-refractivity contribution in [1.29, 1.82) is 0 Å². The summed E-state index contributed by atoms with van der Waals surface area (Å²) in [4.78, 5) is 49.4. The van der Waals surface area contributed by atoms with Crippen LogP contribution in [0.25, 0.3) is 0 Å². The first kappa shape index (κ1) is 28.9. The van der Waals surface area contributed by atoms with Gasteiger partial charge in [0.15, 0.2) is 0 Å². The van der Waals surface area contributed by atoms with E-state index in [0.717, 1.165) is 11.0 Å². The Labute approximate surface area is 240 Å². The van der Waals surface area contributed by atoms with Crippen LogP contribution < -0.4 is 15.4 Å². The van der Waals surface area contributed by atoms with Crippen molar-refractivity contribution in [3.8, 4) is 11.5 Å². The van der Waals surface area contributed by atoms with Crippen molar-refractivity contribution in [2.75, 3.05) is 10.6 Å². The number of hydrogen-bond acceptors (Lipinski definition) is 6. The predicted octanol–water partition coefficient (Wildman–Crippen LogP) is 6.64. The lowest BCUT2D eigenvalue weighted by Crippen LogP contribution is -2.24. The van der Waals surface area contributed by atoms with Gasteiger partial charge in [0.2, 0.25) is 5.91 Å². The van der Waals surface area contributed by atoms with Crippen LogP contribution >= 0.6 is 11.8 Å². The van der Waals surface area contributed by atoms with Gasteiger partial charge in [0.05, 0.1) is 21.9 Å². The molecule has 41 heavy (non-hydrogen) atoms. The highest BCUT2D eigenvalue weighted by Crippen LogP contribution is 2.29. The molecular formula is C31H26N2O7S. The van der Waals surface area contributed by atoms with Crippen molar-refractivity contribution < 1.29 is 34.1 Å². The molecule has 0 aliphatic heterocycles. The fraction of sp³-hybridized carbons (Fsp3) is 0.0968. The monoisotopic (exact) mass is 570 g/mol. The number of ether oxygens (including phenoxy) is 1. The number of carbonyl (C=O) groups is 4. The van der Waals surface area contributed by atoms with E-state index in [0.29, 0.717) is 29.3 Å². The van der Waals surface area contributed by atoms with Gasteiger partial charge < -0.3 is 25.6 Å². The van der Waals surface area contributed by atoms with Crippen molar-refractivity contribution in [2.24, 2.45) is 0 Å². The molecule has 1 atom stereocenters. The van der Waals surface area contributed by atoms with Crippen LogP contribution in [0.3, 0.4) is 0 Å². The first-order valence-electron chi connectivity index (χ1n) is 12.6. The quantitative estimate of drug-likeness (QED) is 0.147. The molecular weight excluding hydrogens is 544 g/mol. The summed E-state index contributed by atoms with van der Waals surface area (Å²) in [7, 11) is 0. The third kappa shape index (κ3) is 7.74. The number of benzene rings is 4. The van der Waals surface area contributed by atoms with Crippen molar-refractivity contribution in [3.63, 3.8) is 0 Å². The van der Waals surface area contributed by atoms with Crippen molar-refractivity contribution in [2.45, 2.75) is 23.5 Å². The van der Waals surface area contributed by atoms with E-state index >= 15 is 0 Å². The number of amides is 2. The van der Waals surface area contributed by atoms with Crippen LogP contribution in [0, 0.1) is 0 Å². The molecule has 4 rings (SSSR count). The number of carboxylic acid groups (broad SMARTS) is 2. The van der Waals surface area contributed by atoms with Crippen LogP contribution in [0.2, 0.25) is 0 Å². The van der Waals surface area contributed by atoms with Gasteiger partial charge in [-0.05, 0) is 79.2 Å². The first-order valence-corrected chi connectivity index (χ1v) is 13.4. The molecule has 0 spiro atoms. The lowest BCUT2D eigenvalue weighted by atomic mass is 10.0. The Morgan fingerprint density at radius 2 is 1.44 bits per heavy atom. The number of carbonyl (C=O) groups excluding carboxylic acids is 2. The molecule has 0 bridgehead atoms. The van der Waals surface area contributed by atoms with E-state index in [1.54, 1.807) is 48.5 Å². The highest BCUT2D eigenvalue weighted by molar-refractivity contribution is 8.00. The fourth-order valence-corrected chi connectivity index (χ4v) is 4.85. The van der Waals surface area contributed by atoms with Gasteiger partial charge >= 0.3 is 11.9 Å². The second kappa shape index (κ2) is 13.3. The summed E-state index contributed by atoms with van der Waals surface area (Å²) in [6.45, 7) is 1.90. The Balaban J connectivity index is 1.40. The molecule has 4 N–H and O–H groups in total. The van der Waals surface area contributed by atoms with Gasteiger partial charge in [-0.15, -0.1) is 11.8 Å². The maximum atomic E-state index is 13.0. The minimum Gasteiger partial charge on any atom is -0.478 e. The topological polar surface area (TPSA) is 142 Å². The van der Waals surface area contributed by atoms with Gasteiger partial charge in [-0.2, -0.15) is 0 Å². The van der Waals surface area contributed by atoms with Gasteiger partial charge in [-0.1, -0.05) is 31.2 Å². The van der Waals surface area contributed by atoms with Crippen LogP contribution in [0.1, 0.15) is 44.4 Å². The Bertz CT molecular complexity index is 1570. The molecule has 4 aromatic carbocycles. The molecule has 1 unspecified atom stereocenters. The standard InChI is InChI=1S/C31H26N2O7S/c1-2-27(29(35)32-20-12-14-23(15-13-20)40-22-8-4-3-5-9-22)41-24-10-6-7-21(18-24)33-28(34)25-16-11-19(30(36)37)17-26(25)31(38)39/h3-18,27H,2H2,1H3,(H,32,35)(H,33,34)(H,36,37)(H,38,39). The maximum absolute atomic E-state index is 13.0. The molecule has 0 saturated carbocycles. The number of hydrogen-bond donors (Lipinski definition) is 4. The van der Waals surface area contributed by atoms with Crippen LogP contribution in [-0.2, 0) is 4.79 Å². The largest absolute Gasteiger partial charge is 0.478 e. The molecule has 0 saturated heterocycles. The summed E-state index contributed by atoms with van der Waals surface area (Å²) in [5.74, 6) is -2.25. The number of nitrogens with one attached hydrogen (secondary N) is 2. The van der Waals surface area contributed by atoms with E-state index in [1.165, 1.54) is 23.9 Å². The average molecular weight is 571 g/mol. The number of aromatic carboxylic acids is 2. The van der Waals surface area contributed by atoms with E-state index in [9.17, 15) is 24.3 Å². The first-order chi connectivity index (χ1) is 19.7. The molecule has 0 aromatic heterocycles. The second-order valence-corrected chi connectivity index (χ2v) is 10.1. The summed E-state index contributed by atoms with van der Waals surface area (Å²) in [6.07, 6.45) is 0.542. The van der Waals surface area contributed by atoms with Crippen molar-refractivity contribution in [3.05, 3.63) is 114 Å². The zero-order valence-electron chi connectivity index (χ0n) is 21.9. The predicted molar refractivity (Wildman–Crippen MR) is 156 cm³/mol. The average Bonchev–Trinajstić information content (AvgIpc) is 2.97. The van der Waals surface area contributed by atoms with E-state index < -0.39 is 28.7 Å². The summed E-state index contributed by atoms with van der Waals surface area (Å²) in [6, 6.07) is 26.5. The molecule has 0 heterocycles. The van der Waals surface area contributed by atoms with Crippen molar-refractivity contribution in [1.82, 2.24) is 0 Å². The summed E-state index contributed by atoms with van der Waals surface area (Å²) in [5.41, 5.74) is 0.182.